The molecule has 5 atom stereocenters. The molecular formula is C19H20N5O10P. The van der Waals surface area contributed by atoms with E-state index in [-0.39, 0.29) is 17.0 Å². The Labute approximate surface area is 196 Å². The molecule has 1 fully saturated rings. The van der Waals surface area contributed by atoms with Crippen LogP contribution in [-0.2, 0) is 18.8 Å². The van der Waals surface area contributed by atoms with Crippen LogP contribution in [-0.4, -0.2) is 87.3 Å². The highest BCUT2D eigenvalue weighted by Gasteiger charge is 2.46. The smallest absolute Gasteiger partial charge is 0.365 e. The highest BCUT2D eigenvalue weighted by Crippen LogP contribution is 2.42. The van der Waals surface area contributed by atoms with Gasteiger partial charge in [0.05, 0.1) is 12.9 Å². The number of amides is 1. The number of hydrogen-bond acceptors (Lipinski definition) is 10. The monoisotopic (exact) mass is 509 g/mol. The number of aliphatic hydroxyl groups is 2. The molecule has 2 aromatic heterocycles. The molecule has 1 saturated heterocycles. The molecule has 4 rings (SSSR count). The van der Waals surface area contributed by atoms with Gasteiger partial charge in [-0.2, -0.15) is 0 Å². The number of carboxylic acid groups (broad SMARTS) is 1. The number of aliphatic hydroxyl groups excluding tert-OH is 2. The van der Waals surface area contributed by atoms with Gasteiger partial charge in [-0.1, -0.05) is 18.2 Å². The second-order valence-electron chi connectivity index (χ2n) is 7.53. The molecule has 16 heteroatoms. The quantitative estimate of drug-likeness (QED) is 0.207. The molecule has 1 amide bonds. The van der Waals surface area contributed by atoms with Crippen LogP contribution in [0.5, 0.6) is 0 Å². The summed E-state index contributed by atoms with van der Waals surface area (Å²) in [5.41, 5.74) is 0.684. The van der Waals surface area contributed by atoms with E-state index in [4.69, 9.17) is 24.4 Å². The van der Waals surface area contributed by atoms with Crippen LogP contribution in [0.3, 0.4) is 0 Å². The molecule has 35 heavy (non-hydrogen) atoms. The zero-order valence-electron chi connectivity index (χ0n) is 17.6. The van der Waals surface area contributed by atoms with Crippen molar-refractivity contribution < 1.29 is 48.7 Å². The number of carbonyl (C=O) groups is 2. The second-order valence-corrected chi connectivity index (χ2v) is 9.17. The van der Waals surface area contributed by atoms with Gasteiger partial charge in [0.25, 0.3) is 11.8 Å². The van der Waals surface area contributed by atoms with Crippen molar-refractivity contribution in [1.29, 1.82) is 0 Å². The second kappa shape index (κ2) is 9.75. The summed E-state index contributed by atoms with van der Waals surface area (Å²) in [6.45, 7) is -0.739. The van der Waals surface area contributed by atoms with E-state index in [9.17, 15) is 24.4 Å². The van der Waals surface area contributed by atoms with Gasteiger partial charge in [0.1, 0.15) is 24.6 Å². The first-order chi connectivity index (χ1) is 16.6. The predicted molar refractivity (Wildman–Crippen MR) is 115 cm³/mol. The number of carboxylic acids is 1. The van der Waals surface area contributed by atoms with E-state index in [0.29, 0.717) is 5.56 Å². The van der Waals surface area contributed by atoms with Gasteiger partial charge in [0, 0.05) is 5.56 Å². The summed E-state index contributed by atoms with van der Waals surface area (Å²) in [6.07, 6.45) is -3.37. The molecular weight excluding hydrogens is 489 g/mol. The molecule has 15 nitrogen and oxygen atoms in total. The summed E-state index contributed by atoms with van der Waals surface area (Å²) in [6, 6.07) is 8.37. The molecule has 1 aromatic carbocycles. The van der Waals surface area contributed by atoms with Gasteiger partial charge in [-0.05, 0) is 12.1 Å². The minimum atomic E-state index is -5.15. The maximum atomic E-state index is 12.5. The number of aliphatic carboxylic acids is 1. The average Bonchev–Trinajstić information content (AvgIpc) is 3.35. The van der Waals surface area contributed by atoms with Gasteiger partial charge in [-0.3, -0.25) is 13.9 Å². The standard InChI is InChI=1S/C19H20N5O10P/c25-12-10(6-33-19(18(28)29)35(30,31)32)34-17(13(12)26)24-8-22-11-14(20-7-21-15(11)24)23-16(27)9-4-2-1-3-5-9/h1-5,7-8,10,12-13,17,19,25-26H,6H2,(H,28,29)(H2,30,31,32)(H,20,21,23,27)/t10-,12-,13-,17-,19?/m1/s1. The van der Waals surface area contributed by atoms with Crippen LogP contribution < -0.4 is 5.32 Å². The Kier molecular flexibility index (Phi) is 6.91. The van der Waals surface area contributed by atoms with Crippen molar-refractivity contribution in [1.82, 2.24) is 19.5 Å². The van der Waals surface area contributed by atoms with E-state index in [2.05, 4.69) is 20.3 Å². The molecule has 0 saturated carbocycles. The highest BCUT2D eigenvalue weighted by atomic mass is 31.2. The SMILES string of the molecule is O=C(Nc1ncnc2c1ncn2[C@@H]1O[C@H](COC(C(=O)O)P(=O)(O)O)[C@@H](O)[C@H]1O)c1ccccc1. The van der Waals surface area contributed by atoms with Crippen molar-refractivity contribution >= 4 is 36.5 Å². The highest BCUT2D eigenvalue weighted by molar-refractivity contribution is 7.53. The van der Waals surface area contributed by atoms with E-state index < -0.39 is 56.5 Å². The fourth-order valence-corrected chi connectivity index (χ4v) is 4.06. The third-order valence-electron chi connectivity index (χ3n) is 5.17. The molecule has 186 valence electrons. The Morgan fingerprint density at radius 1 is 1.14 bits per heavy atom. The molecule has 1 aliphatic rings. The third-order valence-corrected chi connectivity index (χ3v) is 6.15. The Bertz CT molecular complexity index is 1280. The number of fused-ring (bicyclic) bond motifs is 1. The van der Waals surface area contributed by atoms with Gasteiger partial charge < -0.3 is 39.9 Å². The molecule has 0 bridgehead atoms. The summed E-state index contributed by atoms with van der Waals surface area (Å²) < 4.78 is 22.9. The Balaban J connectivity index is 1.53. The molecule has 1 aliphatic heterocycles. The van der Waals surface area contributed by atoms with E-state index >= 15 is 0 Å². The molecule has 0 aliphatic carbocycles. The summed E-state index contributed by atoms with van der Waals surface area (Å²) >= 11 is 0. The molecule has 3 aromatic rings. The lowest BCUT2D eigenvalue weighted by Gasteiger charge is -2.19. The summed E-state index contributed by atoms with van der Waals surface area (Å²) in [5, 5.41) is 32.4. The zero-order chi connectivity index (χ0) is 25.3. The Hall–Kier alpha value is -3.30. The van der Waals surface area contributed by atoms with Crippen molar-refractivity contribution in [3.8, 4) is 0 Å². The molecule has 0 spiro atoms. The number of anilines is 1. The van der Waals surface area contributed by atoms with Crippen LogP contribution in [0, 0.1) is 0 Å². The van der Waals surface area contributed by atoms with E-state index in [0.717, 1.165) is 6.33 Å². The topological polar surface area (TPSA) is 226 Å². The summed E-state index contributed by atoms with van der Waals surface area (Å²) in [5.74, 6) is -4.72. The van der Waals surface area contributed by atoms with E-state index in [1.807, 2.05) is 0 Å². The lowest BCUT2D eigenvalue weighted by atomic mass is 10.1. The van der Waals surface area contributed by atoms with Crippen LogP contribution in [0.25, 0.3) is 11.2 Å². The zero-order valence-corrected chi connectivity index (χ0v) is 18.5. The fraction of sp³-hybridized carbons (Fsp3) is 0.316. The van der Waals surface area contributed by atoms with Gasteiger partial charge in [0.2, 0.25) is 0 Å². The van der Waals surface area contributed by atoms with Crippen LogP contribution in [0.2, 0.25) is 0 Å². The number of nitrogens with zero attached hydrogens (tertiary/aromatic N) is 4. The number of aromatic nitrogens is 4. The van der Waals surface area contributed by atoms with Gasteiger partial charge in [0.15, 0.2) is 23.2 Å². The lowest BCUT2D eigenvalue weighted by molar-refractivity contribution is -0.149. The van der Waals surface area contributed by atoms with Gasteiger partial charge in [-0.25, -0.2) is 19.7 Å². The minimum Gasteiger partial charge on any atom is -0.479 e. The van der Waals surface area contributed by atoms with Gasteiger partial charge >= 0.3 is 13.6 Å². The van der Waals surface area contributed by atoms with Gasteiger partial charge in [-0.15, -0.1) is 0 Å². The number of nitrogens with one attached hydrogen (secondary N) is 1. The number of imidazole rings is 1. The Morgan fingerprint density at radius 3 is 2.51 bits per heavy atom. The fourth-order valence-electron chi connectivity index (χ4n) is 3.49. The number of hydrogen-bond donors (Lipinski definition) is 6. The van der Waals surface area contributed by atoms with Crippen molar-refractivity contribution in [3.05, 3.63) is 48.5 Å². The number of ether oxygens (including phenoxy) is 2. The summed E-state index contributed by atoms with van der Waals surface area (Å²) in [4.78, 5) is 54.1. The van der Waals surface area contributed by atoms with Crippen LogP contribution in [0.1, 0.15) is 16.6 Å². The number of carbonyl (C=O) groups excluding carboxylic acids is 1. The van der Waals surface area contributed by atoms with E-state index in [1.165, 1.54) is 10.9 Å². The molecule has 1 unspecified atom stereocenters. The van der Waals surface area contributed by atoms with Crippen LogP contribution in [0.4, 0.5) is 5.82 Å². The van der Waals surface area contributed by atoms with Crippen molar-refractivity contribution in [2.45, 2.75) is 30.4 Å². The first-order valence-corrected chi connectivity index (χ1v) is 11.7. The first kappa shape index (κ1) is 24.8. The predicted octanol–water partition coefficient (Wildman–Crippen LogP) is -0.697. The first-order valence-electron chi connectivity index (χ1n) is 10.0. The molecule has 0 radical (unpaired) electrons. The third kappa shape index (κ3) is 5.06. The van der Waals surface area contributed by atoms with Crippen LogP contribution in [0.15, 0.2) is 43.0 Å². The molecule has 6 N–H and O–H groups in total. The van der Waals surface area contributed by atoms with Crippen molar-refractivity contribution in [2.24, 2.45) is 0 Å². The van der Waals surface area contributed by atoms with E-state index in [1.54, 1.807) is 30.3 Å². The number of benzene rings is 1. The van der Waals surface area contributed by atoms with Crippen molar-refractivity contribution in [3.63, 3.8) is 0 Å². The number of rotatable bonds is 8. The minimum absolute atomic E-state index is 0.0847. The maximum Gasteiger partial charge on any atom is 0.365 e. The summed E-state index contributed by atoms with van der Waals surface area (Å²) in [7, 11) is -5.15. The maximum absolute atomic E-state index is 12.5. The largest absolute Gasteiger partial charge is 0.479 e. The Morgan fingerprint density at radius 2 is 1.86 bits per heavy atom. The average molecular weight is 509 g/mol. The normalized spacial score (nSPS) is 23.3. The van der Waals surface area contributed by atoms with Crippen LogP contribution >= 0.6 is 7.60 Å². The lowest BCUT2D eigenvalue weighted by Crippen LogP contribution is -2.36. The molecule has 3 heterocycles. The van der Waals surface area contributed by atoms with Crippen molar-refractivity contribution in [2.75, 3.05) is 11.9 Å².